The standard InChI is InChI=1S/C20H20N2O2/c1-22(13-15-6-8-16(9-7-15)20(23)24-2)14-18-5-3-4-17-12-21-11-10-19(17)18/h3-12H,13-14H2,1-2H3. The van der Waals surface area contributed by atoms with Crippen molar-refractivity contribution in [1.82, 2.24) is 9.88 Å². The zero-order valence-corrected chi connectivity index (χ0v) is 13.9. The first-order chi connectivity index (χ1) is 11.7. The normalized spacial score (nSPS) is 11.0. The molecule has 3 aromatic rings. The van der Waals surface area contributed by atoms with Crippen LogP contribution in [0.5, 0.6) is 0 Å². The van der Waals surface area contributed by atoms with Crippen molar-refractivity contribution in [2.45, 2.75) is 13.1 Å². The van der Waals surface area contributed by atoms with Crippen molar-refractivity contribution in [2.24, 2.45) is 0 Å². The summed E-state index contributed by atoms with van der Waals surface area (Å²) < 4.78 is 4.72. The summed E-state index contributed by atoms with van der Waals surface area (Å²) in [7, 11) is 3.48. The lowest BCUT2D eigenvalue weighted by Crippen LogP contribution is -2.17. The molecule has 24 heavy (non-hydrogen) atoms. The maximum absolute atomic E-state index is 11.5. The molecule has 0 atom stereocenters. The second-order valence-electron chi connectivity index (χ2n) is 5.87. The van der Waals surface area contributed by atoms with Gasteiger partial charge in [0.2, 0.25) is 0 Å². The van der Waals surface area contributed by atoms with Gasteiger partial charge in [0.25, 0.3) is 0 Å². The molecule has 1 heterocycles. The molecule has 2 aromatic carbocycles. The average molecular weight is 320 g/mol. The summed E-state index contributed by atoms with van der Waals surface area (Å²) in [5.41, 5.74) is 3.01. The van der Waals surface area contributed by atoms with Crippen molar-refractivity contribution in [3.63, 3.8) is 0 Å². The Kier molecular flexibility index (Phi) is 4.87. The van der Waals surface area contributed by atoms with E-state index in [1.54, 1.807) is 12.1 Å². The molecule has 0 bridgehead atoms. The summed E-state index contributed by atoms with van der Waals surface area (Å²) in [5.74, 6) is -0.306. The average Bonchev–Trinajstić information content (AvgIpc) is 2.62. The van der Waals surface area contributed by atoms with Crippen LogP contribution in [0.1, 0.15) is 21.5 Å². The van der Waals surface area contributed by atoms with Crippen molar-refractivity contribution in [2.75, 3.05) is 14.2 Å². The maximum atomic E-state index is 11.5. The van der Waals surface area contributed by atoms with Gasteiger partial charge in [0.15, 0.2) is 0 Å². The molecule has 0 radical (unpaired) electrons. The van der Waals surface area contributed by atoms with E-state index in [4.69, 9.17) is 4.74 Å². The molecule has 0 N–H and O–H groups in total. The van der Waals surface area contributed by atoms with Gasteiger partial charge in [0.1, 0.15) is 0 Å². The molecule has 0 saturated heterocycles. The number of fused-ring (bicyclic) bond motifs is 1. The molecule has 4 heteroatoms. The van der Waals surface area contributed by atoms with Gasteiger partial charge < -0.3 is 4.74 Å². The van der Waals surface area contributed by atoms with Gasteiger partial charge in [-0.15, -0.1) is 0 Å². The van der Waals surface area contributed by atoms with Gasteiger partial charge in [-0.2, -0.15) is 0 Å². The van der Waals surface area contributed by atoms with E-state index in [1.807, 2.05) is 24.5 Å². The Morgan fingerprint density at radius 1 is 1.08 bits per heavy atom. The number of nitrogens with zero attached hydrogens (tertiary/aromatic N) is 2. The van der Waals surface area contributed by atoms with Crippen LogP contribution in [-0.4, -0.2) is 30.0 Å². The minimum absolute atomic E-state index is 0.306. The first-order valence-corrected chi connectivity index (χ1v) is 7.85. The molecule has 0 amide bonds. The number of hydrogen-bond donors (Lipinski definition) is 0. The highest BCUT2D eigenvalue weighted by molar-refractivity contribution is 5.89. The third kappa shape index (κ3) is 3.60. The fourth-order valence-corrected chi connectivity index (χ4v) is 2.85. The second kappa shape index (κ2) is 7.23. The Morgan fingerprint density at radius 3 is 2.62 bits per heavy atom. The smallest absolute Gasteiger partial charge is 0.337 e. The van der Waals surface area contributed by atoms with E-state index in [2.05, 4.69) is 41.2 Å². The van der Waals surface area contributed by atoms with Gasteiger partial charge in [-0.1, -0.05) is 30.3 Å². The van der Waals surface area contributed by atoms with Crippen LogP contribution in [0.3, 0.4) is 0 Å². The molecular weight excluding hydrogens is 300 g/mol. The summed E-state index contributed by atoms with van der Waals surface area (Å²) in [5, 5.41) is 2.39. The highest BCUT2D eigenvalue weighted by Gasteiger charge is 2.07. The van der Waals surface area contributed by atoms with E-state index < -0.39 is 0 Å². The number of methoxy groups -OCH3 is 1. The predicted octanol–water partition coefficient (Wildman–Crippen LogP) is 3.65. The minimum Gasteiger partial charge on any atom is -0.465 e. The number of benzene rings is 2. The largest absolute Gasteiger partial charge is 0.465 e. The molecule has 0 aliphatic rings. The zero-order chi connectivity index (χ0) is 16.9. The van der Waals surface area contributed by atoms with Crippen LogP contribution in [0, 0.1) is 0 Å². The second-order valence-corrected chi connectivity index (χ2v) is 5.87. The molecule has 0 saturated carbocycles. The van der Waals surface area contributed by atoms with Crippen LogP contribution in [0.4, 0.5) is 0 Å². The van der Waals surface area contributed by atoms with Gasteiger partial charge in [0.05, 0.1) is 12.7 Å². The predicted molar refractivity (Wildman–Crippen MR) is 94.7 cm³/mol. The topological polar surface area (TPSA) is 42.4 Å². The molecule has 4 nitrogen and oxygen atoms in total. The highest BCUT2D eigenvalue weighted by Crippen LogP contribution is 2.19. The SMILES string of the molecule is COC(=O)c1ccc(CN(C)Cc2cccc3cnccc23)cc1. The Morgan fingerprint density at radius 2 is 1.88 bits per heavy atom. The first-order valence-electron chi connectivity index (χ1n) is 7.85. The molecule has 0 spiro atoms. The van der Waals surface area contributed by atoms with E-state index in [0.717, 1.165) is 24.0 Å². The maximum Gasteiger partial charge on any atom is 0.337 e. The van der Waals surface area contributed by atoms with Crippen molar-refractivity contribution < 1.29 is 9.53 Å². The van der Waals surface area contributed by atoms with Gasteiger partial charge in [-0.05, 0) is 41.8 Å². The third-order valence-corrected chi connectivity index (χ3v) is 4.04. The number of rotatable bonds is 5. The van der Waals surface area contributed by atoms with E-state index in [-0.39, 0.29) is 5.97 Å². The number of carbonyl (C=O) groups is 1. The molecule has 122 valence electrons. The summed E-state index contributed by atoms with van der Waals surface area (Å²) in [6.45, 7) is 1.66. The summed E-state index contributed by atoms with van der Waals surface area (Å²) in [6.07, 6.45) is 3.72. The van der Waals surface area contributed by atoms with E-state index >= 15 is 0 Å². The lowest BCUT2D eigenvalue weighted by Gasteiger charge is -2.18. The van der Waals surface area contributed by atoms with E-state index in [1.165, 1.54) is 18.1 Å². The summed E-state index contributed by atoms with van der Waals surface area (Å²) in [4.78, 5) is 17.9. The lowest BCUT2D eigenvalue weighted by molar-refractivity contribution is 0.0600. The van der Waals surface area contributed by atoms with Crippen LogP contribution in [-0.2, 0) is 17.8 Å². The van der Waals surface area contributed by atoms with Crippen LogP contribution < -0.4 is 0 Å². The number of aromatic nitrogens is 1. The number of esters is 1. The fraction of sp³-hybridized carbons (Fsp3) is 0.200. The van der Waals surface area contributed by atoms with Crippen molar-refractivity contribution in [1.29, 1.82) is 0 Å². The van der Waals surface area contributed by atoms with Gasteiger partial charge >= 0.3 is 5.97 Å². The lowest BCUT2D eigenvalue weighted by atomic mass is 10.1. The number of ether oxygens (including phenoxy) is 1. The van der Waals surface area contributed by atoms with Crippen molar-refractivity contribution in [3.05, 3.63) is 77.6 Å². The van der Waals surface area contributed by atoms with E-state index in [9.17, 15) is 4.79 Å². The quantitative estimate of drug-likeness (QED) is 0.673. The minimum atomic E-state index is -0.306. The van der Waals surface area contributed by atoms with Crippen molar-refractivity contribution >= 4 is 16.7 Å². The summed E-state index contributed by atoms with van der Waals surface area (Å²) >= 11 is 0. The van der Waals surface area contributed by atoms with Gasteiger partial charge in [-0.25, -0.2) is 4.79 Å². The number of hydrogen-bond acceptors (Lipinski definition) is 4. The molecule has 0 aliphatic carbocycles. The number of carbonyl (C=O) groups excluding carboxylic acids is 1. The monoisotopic (exact) mass is 320 g/mol. The van der Waals surface area contributed by atoms with Gasteiger partial charge in [0, 0.05) is 30.9 Å². The van der Waals surface area contributed by atoms with Crippen LogP contribution in [0.25, 0.3) is 10.8 Å². The van der Waals surface area contributed by atoms with Gasteiger partial charge in [-0.3, -0.25) is 9.88 Å². The van der Waals surface area contributed by atoms with Crippen molar-refractivity contribution in [3.8, 4) is 0 Å². The van der Waals surface area contributed by atoms with Crippen LogP contribution >= 0.6 is 0 Å². The molecule has 0 fully saturated rings. The Labute approximate surface area is 141 Å². The Hall–Kier alpha value is -2.72. The highest BCUT2D eigenvalue weighted by atomic mass is 16.5. The van der Waals surface area contributed by atoms with E-state index in [0.29, 0.717) is 5.56 Å². The third-order valence-electron chi connectivity index (χ3n) is 4.04. The Bertz CT molecular complexity index is 838. The Balaban J connectivity index is 1.71. The molecule has 0 unspecified atom stereocenters. The fourth-order valence-electron chi connectivity index (χ4n) is 2.85. The number of pyridine rings is 1. The summed E-state index contributed by atoms with van der Waals surface area (Å²) in [6, 6.07) is 15.9. The first kappa shape index (κ1) is 16.1. The van der Waals surface area contributed by atoms with Crippen LogP contribution in [0.15, 0.2) is 60.9 Å². The molecule has 3 rings (SSSR count). The molecule has 0 aliphatic heterocycles. The molecular formula is C20H20N2O2. The zero-order valence-electron chi connectivity index (χ0n) is 13.9. The van der Waals surface area contributed by atoms with Crippen LogP contribution in [0.2, 0.25) is 0 Å². The molecule has 1 aromatic heterocycles.